The third-order valence-electron chi connectivity index (χ3n) is 4.04. The Balaban J connectivity index is 1.75. The Morgan fingerprint density at radius 3 is 2.52 bits per heavy atom. The largest absolute Gasteiger partial charge is 0.508 e. The molecule has 0 aliphatic heterocycles. The minimum atomic E-state index is 0.248. The zero-order chi connectivity index (χ0) is 17.4. The summed E-state index contributed by atoms with van der Waals surface area (Å²) >= 11 is 0. The van der Waals surface area contributed by atoms with Crippen LogP contribution in [-0.4, -0.2) is 29.3 Å². The van der Waals surface area contributed by atoms with Gasteiger partial charge < -0.3 is 5.11 Å². The predicted octanol–water partition coefficient (Wildman–Crippen LogP) is 3.62. The summed E-state index contributed by atoms with van der Waals surface area (Å²) in [5.74, 6) is 0.787. The van der Waals surface area contributed by atoms with E-state index in [4.69, 9.17) is 0 Å². The summed E-state index contributed by atoms with van der Waals surface area (Å²) in [7, 11) is 0. The van der Waals surface area contributed by atoms with Crippen molar-refractivity contribution < 1.29 is 5.11 Å². The molecule has 0 bridgehead atoms. The van der Waals surface area contributed by atoms with Gasteiger partial charge in [0.05, 0.1) is 30.0 Å². The lowest BCUT2D eigenvalue weighted by atomic mass is 10.1. The first-order chi connectivity index (χ1) is 12.1. The minimum absolute atomic E-state index is 0.248. The van der Waals surface area contributed by atoms with Crippen LogP contribution in [0.25, 0.3) is 28.2 Å². The topological polar surface area (TPSA) is 68.2 Å². The van der Waals surface area contributed by atoms with E-state index in [9.17, 15) is 5.11 Å². The monoisotopic (exact) mass is 333 g/mol. The standard InChI is InChI=1S/C19H19N5O/c1-13(2)10-23-11-15(7-22-23)17-12-24-18(8-21-19(24)9-20-17)14-3-5-16(25)6-4-14/h3-9,11-13,25H,10H2,1-2H3. The molecule has 1 aromatic carbocycles. The normalized spacial score (nSPS) is 11.5. The first-order valence-corrected chi connectivity index (χ1v) is 8.25. The Bertz CT molecular complexity index is 1010. The van der Waals surface area contributed by atoms with E-state index < -0.39 is 0 Å². The molecule has 0 spiro atoms. The van der Waals surface area contributed by atoms with Gasteiger partial charge >= 0.3 is 0 Å². The van der Waals surface area contributed by atoms with Crippen LogP contribution in [0.15, 0.2) is 55.2 Å². The van der Waals surface area contributed by atoms with Gasteiger partial charge in [0, 0.05) is 30.1 Å². The molecule has 25 heavy (non-hydrogen) atoms. The number of aromatic hydroxyl groups is 1. The molecule has 0 aliphatic rings. The SMILES string of the molecule is CC(C)Cn1cc(-c2cn3c(-c4ccc(O)cc4)cnc3cn2)cn1. The summed E-state index contributed by atoms with van der Waals surface area (Å²) in [6.07, 6.45) is 9.41. The van der Waals surface area contributed by atoms with E-state index >= 15 is 0 Å². The van der Waals surface area contributed by atoms with Crippen LogP contribution in [0.4, 0.5) is 0 Å². The van der Waals surface area contributed by atoms with Gasteiger partial charge in [-0.2, -0.15) is 5.10 Å². The third kappa shape index (κ3) is 2.98. The van der Waals surface area contributed by atoms with Crippen molar-refractivity contribution in [3.05, 3.63) is 55.2 Å². The first kappa shape index (κ1) is 15.4. The maximum absolute atomic E-state index is 9.48. The second kappa shape index (κ2) is 6.05. The molecule has 3 heterocycles. The molecule has 0 amide bonds. The van der Waals surface area contributed by atoms with Crippen molar-refractivity contribution in [2.45, 2.75) is 20.4 Å². The van der Waals surface area contributed by atoms with E-state index in [0.717, 1.165) is 34.7 Å². The molecule has 0 unspecified atom stereocenters. The molecule has 6 nitrogen and oxygen atoms in total. The first-order valence-electron chi connectivity index (χ1n) is 8.25. The summed E-state index contributed by atoms with van der Waals surface area (Å²) in [6, 6.07) is 7.10. The van der Waals surface area contributed by atoms with E-state index in [-0.39, 0.29) is 5.75 Å². The summed E-state index contributed by atoms with van der Waals surface area (Å²) in [4.78, 5) is 8.93. The average molecular weight is 333 g/mol. The Hall–Kier alpha value is -3.15. The highest BCUT2D eigenvalue weighted by molar-refractivity contribution is 5.66. The molecule has 0 fully saturated rings. The van der Waals surface area contributed by atoms with Crippen LogP contribution in [0.3, 0.4) is 0 Å². The minimum Gasteiger partial charge on any atom is -0.508 e. The van der Waals surface area contributed by atoms with Crippen molar-refractivity contribution in [3.63, 3.8) is 0 Å². The molecule has 126 valence electrons. The fraction of sp³-hybridized carbons (Fsp3) is 0.211. The Kier molecular flexibility index (Phi) is 3.72. The predicted molar refractivity (Wildman–Crippen MR) is 96.1 cm³/mol. The number of hydrogen-bond donors (Lipinski definition) is 1. The van der Waals surface area contributed by atoms with Crippen molar-refractivity contribution >= 4 is 5.65 Å². The van der Waals surface area contributed by atoms with Gasteiger partial charge in [-0.25, -0.2) is 4.98 Å². The molecular weight excluding hydrogens is 314 g/mol. The van der Waals surface area contributed by atoms with E-state index in [1.54, 1.807) is 18.3 Å². The van der Waals surface area contributed by atoms with E-state index in [2.05, 4.69) is 28.9 Å². The summed E-state index contributed by atoms with van der Waals surface area (Å²) in [5.41, 5.74) is 4.54. The molecule has 0 radical (unpaired) electrons. The number of aromatic nitrogens is 5. The fourth-order valence-electron chi connectivity index (χ4n) is 2.85. The van der Waals surface area contributed by atoms with Gasteiger partial charge in [-0.1, -0.05) is 13.8 Å². The molecule has 0 atom stereocenters. The van der Waals surface area contributed by atoms with Crippen LogP contribution in [0, 0.1) is 5.92 Å². The molecule has 6 heteroatoms. The number of phenolic OH excluding ortho intramolecular Hbond substituents is 1. The van der Waals surface area contributed by atoms with Crippen LogP contribution < -0.4 is 0 Å². The second-order valence-electron chi connectivity index (χ2n) is 6.54. The number of hydrogen-bond acceptors (Lipinski definition) is 4. The van der Waals surface area contributed by atoms with Crippen molar-refractivity contribution in [2.75, 3.05) is 0 Å². The quantitative estimate of drug-likeness (QED) is 0.619. The third-order valence-corrected chi connectivity index (χ3v) is 4.04. The van der Waals surface area contributed by atoms with Crippen LogP contribution >= 0.6 is 0 Å². The number of phenols is 1. The van der Waals surface area contributed by atoms with Gasteiger partial charge in [0.2, 0.25) is 0 Å². The second-order valence-corrected chi connectivity index (χ2v) is 6.54. The Morgan fingerprint density at radius 1 is 0.960 bits per heavy atom. The maximum Gasteiger partial charge on any atom is 0.155 e. The van der Waals surface area contributed by atoms with E-state index in [0.29, 0.717) is 5.92 Å². The molecule has 0 saturated carbocycles. The van der Waals surface area contributed by atoms with Gasteiger partial charge in [0.1, 0.15) is 5.75 Å². The Labute approximate surface area is 145 Å². The fourth-order valence-corrected chi connectivity index (χ4v) is 2.85. The lowest BCUT2D eigenvalue weighted by Gasteiger charge is -2.05. The number of rotatable bonds is 4. The smallest absolute Gasteiger partial charge is 0.155 e. The van der Waals surface area contributed by atoms with E-state index in [1.807, 2.05) is 46.0 Å². The van der Waals surface area contributed by atoms with Crippen LogP contribution in [0.1, 0.15) is 13.8 Å². The van der Waals surface area contributed by atoms with Gasteiger partial charge in [0.15, 0.2) is 5.65 Å². The van der Waals surface area contributed by atoms with Crippen LogP contribution in [0.2, 0.25) is 0 Å². The average Bonchev–Trinajstić information content (AvgIpc) is 3.21. The molecule has 4 rings (SSSR count). The summed E-state index contributed by atoms with van der Waals surface area (Å²) in [5, 5.41) is 13.9. The molecule has 0 aliphatic carbocycles. The van der Waals surface area contributed by atoms with Crippen LogP contribution in [0.5, 0.6) is 5.75 Å². The molecule has 4 aromatic rings. The summed E-state index contributed by atoms with van der Waals surface area (Å²) < 4.78 is 3.95. The molecule has 1 N–H and O–H groups in total. The molecular formula is C19H19N5O. The number of nitrogens with zero attached hydrogens (tertiary/aromatic N) is 5. The van der Waals surface area contributed by atoms with E-state index in [1.165, 1.54) is 0 Å². The molecule has 3 aromatic heterocycles. The van der Waals surface area contributed by atoms with Gasteiger partial charge in [-0.05, 0) is 30.2 Å². The maximum atomic E-state index is 9.48. The Morgan fingerprint density at radius 2 is 1.76 bits per heavy atom. The van der Waals surface area contributed by atoms with Crippen molar-refractivity contribution in [3.8, 4) is 28.3 Å². The number of fused-ring (bicyclic) bond motifs is 1. The van der Waals surface area contributed by atoms with Gasteiger partial charge in [-0.15, -0.1) is 0 Å². The lowest BCUT2D eigenvalue weighted by Crippen LogP contribution is -2.04. The van der Waals surface area contributed by atoms with Crippen molar-refractivity contribution in [1.82, 2.24) is 24.1 Å². The van der Waals surface area contributed by atoms with Crippen LogP contribution in [-0.2, 0) is 6.54 Å². The summed E-state index contributed by atoms with van der Waals surface area (Å²) in [6.45, 7) is 5.22. The van der Waals surface area contributed by atoms with Crippen molar-refractivity contribution in [1.29, 1.82) is 0 Å². The molecule has 0 saturated heterocycles. The highest BCUT2D eigenvalue weighted by Crippen LogP contribution is 2.25. The highest BCUT2D eigenvalue weighted by Gasteiger charge is 2.10. The van der Waals surface area contributed by atoms with Gasteiger partial charge in [-0.3, -0.25) is 14.1 Å². The number of benzene rings is 1. The lowest BCUT2D eigenvalue weighted by molar-refractivity contribution is 0.475. The highest BCUT2D eigenvalue weighted by atomic mass is 16.3. The zero-order valence-corrected chi connectivity index (χ0v) is 14.2. The zero-order valence-electron chi connectivity index (χ0n) is 14.2. The van der Waals surface area contributed by atoms with Gasteiger partial charge in [0.25, 0.3) is 0 Å². The number of imidazole rings is 1. The van der Waals surface area contributed by atoms with Crippen molar-refractivity contribution in [2.24, 2.45) is 5.92 Å².